The van der Waals surface area contributed by atoms with Crippen LogP contribution in [0, 0.1) is 0 Å². The second-order valence-electron chi connectivity index (χ2n) is 5.61. The summed E-state index contributed by atoms with van der Waals surface area (Å²) in [4.78, 5) is 29.2. The van der Waals surface area contributed by atoms with E-state index in [1.807, 2.05) is 24.4 Å². The molecule has 142 valence electrons. The van der Waals surface area contributed by atoms with Gasteiger partial charge in [0.15, 0.2) is 0 Å². The zero-order valence-corrected chi connectivity index (χ0v) is 15.8. The molecule has 0 spiro atoms. The van der Waals surface area contributed by atoms with Gasteiger partial charge in [0.05, 0.1) is 22.7 Å². The van der Waals surface area contributed by atoms with Crippen LogP contribution in [0.15, 0.2) is 45.5 Å². The largest absolute Gasteiger partial charge is 0.416 e. The van der Waals surface area contributed by atoms with Crippen LogP contribution in [0.5, 0.6) is 0 Å². The fourth-order valence-electron chi connectivity index (χ4n) is 2.57. The number of H-pyrrole nitrogens is 1. The number of halogens is 3. The second-order valence-corrected chi connectivity index (χ2v) is 7.92. The molecule has 27 heavy (non-hydrogen) atoms. The number of hydrogen-bond acceptors (Lipinski definition) is 4. The van der Waals surface area contributed by atoms with E-state index in [1.165, 1.54) is 23.1 Å². The van der Waals surface area contributed by atoms with Crippen LogP contribution >= 0.6 is 23.1 Å². The average molecular weight is 412 g/mol. The van der Waals surface area contributed by atoms with Gasteiger partial charge in [-0.2, -0.15) is 13.2 Å². The van der Waals surface area contributed by atoms with Gasteiger partial charge in [0.1, 0.15) is 5.56 Å². The summed E-state index contributed by atoms with van der Waals surface area (Å²) in [6, 6.07) is 6.55. The van der Waals surface area contributed by atoms with Crippen molar-refractivity contribution in [2.24, 2.45) is 0 Å². The molecule has 2 N–H and O–H groups in total. The molecule has 0 aliphatic carbocycles. The number of hydrogen-bond donors (Lipinski definition) is 2. The van der Waals surface area contributed by atoms with Crippen molar-refractivity contribution in [1.82, 2.24) is 10.3 Å². The Balaban J connectivity index is 2.05. The van der Waals surface area contributed by atoms with Gasteiger partial charge in [-0.25, -0.2) is 0 Å². The number of carbonyl (C=O) groups is 1. The van der Waals surface area contributed by atoms with Gasteiger partial charge in [-0.15, -0.1) is 23.1 Å². The Morgan fingerprint density at radius 3 is 2.70 bits per heavy atom. The summed E-state index contributed by atoms with van der Waals surface area (Å²) in [7, 11) is 0. The Bertz CT molecular complexity index is 1030. The number of aromatic amines is 1. The zero-order chi connectivity index (χ0) is 19.6. The molecule has 3 aromatic rings. The van der Waals surface area contributed by atoms with Gasteiger partial charge >= 0.3 is 6.18 Å². The SMILES string of the molecule is CCSc1[nH]c2cc(C(F)(F)F)ccc2c(=O)c1C(=O)NCc1cccs1. The smallest absolute Gasteiger partial charge is 0.349 e. The summed E-state index contributed by atoms with van der Waals surface area (Å²) in [5.74, 6) is -0.00610. The van der Waals surface area contributed by atoms with E-state index in [-0.39, 0.29) is 28.0 Å². The number of nitrogens with one attached hydrogen (secondary N) is 2. The van der Waals surface area contributed by atoms with E-state index >= 15 is 0 Å². The van der Waals surface area contributed by atoms with Crippen LogP contribution in [-0.2, 0) is 12.7 Å². The molecular weight excluding hydrogens is 397 g/mol. The minimum absolute atomic E-state index is 0.0460. The number of amides is 1. The molecule has 9 heteroatoms. The Morgan fingerprint density at radius 2 is 2.07 bits per heavy atom. The van der Waals surface area contributed by atoms with Crippen molar-refractivity contribution < 1.29 is 18.0 Å². The predicted octanol–water partition coefficient (Wildman–Crippen LogP) is 4.65. The molecule has 0 saturated carbocycles. The first-order chi connectivity index (χ1) is 12.8. The third-order valence-corrected chi connectivity index (χ3v) is 5.57. The second kappa shape index (κ2) is 7.77. The maximum Gasteiger partial charge on any atom is 0.416 e. The van der Waals surface area contributed by atoms with Crippen molar-refractivity contribution in [3.63, 3.8) is 0 Å². The average Bonchev–Trinajstić information content (AvgIpc) is 3.12. The van der Waals surface area contributed by atoms with Crippen LogP contribution in [-0.4, -0.2) is 16.6 Å². The van der Waals surface area contributed by atoms with E-state index in [2.05, 4.69) is 10.3 Å². The highest BCUT2D eigenvalue weighted by Crippen LogP contribution is 2.31. The topological polar surface area (TPSA) is 62.0 Å². The minimum atomic E-state index is -4.51. The van der Waals surface area contributed by atoms with Gasteiger partial charge in [0, 0.05) is 10.3 Å². The van der Waals surface area contributed by atoms with E-state index < -0.39 is 23.1 Å². The molecule has 2 aromatic heterocycles. The van der Waals surface area contributed by atoms with Crippen molar-refractivity contribution in [3.05, 3.63) is 61.9 Å². The lowest BCUT2D eigenvalue weighted by molar-refractivity contribution is -0.137. The molecule has 0 aliphatic heterocycles. The molecule has 0 atom stereocenters. The van der Waals surface area contributed by atoms with Crippen LogP contribution in [0.3, 0.4) is 0 Å². The molecule has 0 unspecified atom stereocenters. The fraction of sp³-hybridized carbons (Fsp3) is 0.222. The summed E-state index contributed by atoms with van der Waals surface area (Å²) in [5, 5.41) is 4.88. The summed E-state index contributed by atoms with van der Waals surface area (Å²) >= 11 is 2.67. The van der Waals surface area contributed by atoms with E-state index in [1.54, 1.807) is 0 Å². The molecule has 4 nitrogen and oxygen atoms in total. The minimum Gasteiger partial charge on any atom is -0.349 e. The standard InChI is InChI=1S/C18H15F3N2O2S2/c1-2-26-17-14(16(25)22-9-11-4-3-7-27-11)15(24)12-6-5-10(18(19,20)21)8-13(12)23-17/h3-8H,2,9H2,1H3,(H,22,25)(H,23,24). The van der Waals surface area contributed by atoms with Gasteiger partial charge in [-0.1, -0.05) is 13.0 Å². The number of carbonyl (C=O) groups excluding carboxylic acids is 1. The number of aromatic nitrogens is 1. The molecule has 0 saturated heterocycles. The Labute approximate surface area is 160 Å². The molecule has 3 rings (SSSR count). The first kappa shape index (κ1) is 19.5. The third-order valence-electron chi connectivity index (χ3n) is 3.81. The number of pyridine rings is 1. The van der Waals surface area contributed by atoms with E-state index in [9.17, 15) is 22.8 Å². The van der Waals surface area contributed by atoms with Crippen LogP contribution in [0.25, 0.3) is 10.9 Å². The number of thiophene rings is 1. The lowest BCUT2D eigenvalue weighted by atomic mass is 10.1. The third kappa shape index (κ3) is 4.19. The first-order valence-corrected chi connectivity index (χ1v) is 9.88. The van der Waals surface area contributed by atoms with Crippen molar-refractivity contribution in [3.8, 4) is 0 Å². The maximum atomic E-state index is 12.9. The molecule has 1 aromatic carbocycles. The van der Waals surface area contributed by atoms with Gasteiger partial charge in [-0.3, -0.25) is 9.59 Å². The first-order valence-electron chi connectivity index (χ1n) is 8.02. The number of fused-ring (bicyclic) bond motifs is 1. The van der Waals surface area contributed by atoms with Crippen LogP contribution in [0.4, 0.5) is 13.2 Å². The van der Waals surface area contributed by atoms with E-state index in [0.29, 0.717) is 5.75 Å². The van der Waals surface area contributed by atoms with E-state index in [4.69, 9.17) is 0 Å². The van der Waals surface area contributed by atoms with Gasteiger partial charge < -0.3 is 10.3 Å². The van der Waals surface area contributed by atoms with Crippen LogP contribution < -0.4 is 10.7 Å². The normalized spacial score (nSPS) is 11.7. The molecule has 1 amide bonds. The maximum absolute atomic E-state index is 12.9. The summed E-state index contributed by atoms with van der Waals surface area (Å²) in [5.41, 5.74) is -1.46. The van der Waals surface area contributed by atoms with Crippen molar-refractivity contribution >= 4 is 39.9 Å². The predicted molar refractivity (Wildman–Crippen MR) is 101 cm³/mol. The molecule has 0 aliphatic rings. The summed E-state index contributed by atoms with van der Waals surface area (Å²) < 4.78 is 38.8. The Kier molecular flexibility index (Phi) is 5.61. The summed E-state index contributed by atoms with van der Waals surface area (Å²) in [6.45, 7) is 2.10. The Morgan fingerprint density at radius 1 is 1.30 bits per heavy atom. The molecule has 2 heterocycles. The van der Waals surface area contributed by atoms with Crippen LogP contribution in [0.2, 0.25) is 0 Å². The fourth-order valence-corrected chi connectivity index (χ4v) is 4.02. The lowest BCUT2D eigenvalue weighted by Crippen LogP contribution is -2.29. The molecule has 0 bridgehead atoms. The van der Waals surface area contributed by atoms with E-state index in [0.717, 1.165) is 23.1 Å². The quantitative estimate of drug-likeness (QED) is 0.600. The lowest BCUT2D eigenvalue weighted by Gasteiger charge is -2.12. The number of benzene rings is 1. The number of rotatable bonds is 5. The number of alkyl halides is 3. The van der Waals surface area contributed by atoms with Crippen LogP contribution in [0.1, 0.15) is 27.7 Å². The van der Waals surface area contributed by atoms with Crippen molar-refractivity contribution in [2.75, 3.05) is 5.75 Å². The highest BCUT2D eigenvalue weighted by atomic mass is 32.2. The molecule has 0 fully saturated rings. The highest BCUT2D eigenvalue weighted by Gasteiger charge is 2.31. The van der Waals surface area contributed by atoms with Gasteiger partial charge in [-0.05, 0) is 35.4 Å². The zero-order valence-electron chi connectivity index (χ0n) is 14.1. The summed E-state index contributed by atoms with van der Waals surface area (Å²) in [6.07, 6.45) is -4.51. The van der Waals surface area contributed by atoms with Crippen molar-refractivity contribution in [1.29, 1.82) is 0 Å². The van der Waals surface area contributed by atoms with Gasteiger partial charge in [0.25, 0.3) is 5.91 Å². The highest BCUT2D eigenvalue weighted by molar-refractivity contribution is 7.99. The molecular formula is C18H15F3N2O2S2. The van der Waals surface area contributed by atoms with Crippen molar-refractivity contribution in [2.45, 2.75) is 24.7 Å². The monoisotopic (exact) mass is 412 g/mol. The van der Waals surface area contributed by atoms with Gasteiger partial charge in [0.2, 0.25) is 5.43 Å². The molecule has 0 radical (unpaired) electrons. The Hall–Kier alpha value is -2.26. The number of thioether (sulfide) groups is 1.